The maximum absolute atomic E-state index is 13.5. The number of aryl methyl sites for hydroxylation is 1. The summed E-state index contributed by atoms with van der Waals surface area (Å²) in [6, 6.07) is 3.17. The number of para-hydroxylation sites is 1. The quantitative estimate of drug-likeness (QED) is 0.457. The van der Waals surface area contributed by atoms with Gasteiger partial charge in [-0.15, -0.1) is 0 Å². The zero-order valence-corrected chi connectivity index (χ0v) is 20.7. The maximum atomic E-state index is 13.5. The van der Waals surface area contributed by atoms with Gasteiger partial charge < -0.3 is 25.4 Å². The fourth-order valence-electron chi connectivity index (χ4n) is 3.64. The van der Waals surface area contributed by atoms with Crippen LogP contribution < -0.4 is 10.6 Å². The van der Waals surface area contributed by atoms with Crippen molar-refractivity contribution < 1.29 is 24.2 Å². The highest BCUT2D eigenvalue weighted by molar-refractivity contribution is 5.92. The van der Waals surface area contributed by atoms with E-state index in [4.69, 9.17) is 4.74 Å². The topological polar surface area (TPSA) is 108 Å². The Balaban J connectivity index is 2.32. The SMILES string of the molecule is CCCCCNC(=O)C(c1cccc(C)c1O)N(C(=O)C(C)NC(=O)OC(C)(C)C)C1CC1. The van der Waals surface area contributed by atoms with Gasteiger partial charge in [0.2, 0.25) is 11.8 Å². The van der Waals surface area contributed by atoms with Gasteiger partial charge in [-0.2, -0.15) is 0 Å². The molecular formula is C25H39N3O5. The molecule has 1 fully saturated rings. The monoisotopic (exact) mass is 461 g/mol. The van der Waals surface area contributed by atoms with E-state index in [9.17, 15) is 19.5 Å². The summed E-state index contributed by atoms with van der Waals surface area (Å²) >= 11 is 0. The summed E-state index contributed by atoms with van der Waals surface area (Å²) in [6.07, 6.45) is 3.68. The first-order valence-corrected chi connectivity index (χ1v) is 11.8. The lowest BCUT2D eigenvalue weighted by Crippen LogP contribution is -2.52. The Morgan fingerprint density at radius 1 is 1.21 bits per heavy atom. The van der Waals surface area contributed by atoms with Gasteiger partial charge in [-0.25, -0.2) is 4.79 Å². The minimum atomic E-state index is -0.991. The number of amides is 3. The molecule has 0 saturated heterocycles. The molecule has 2 rings (SSSR count). The van der Waals surface area contributed by atoms with E-state index in [2.05, 4.69) is 17.6 Å². The standard InChI is InChI=1S/C25H39N3O5/c1-7-8-9-15-26-22(30)20(19-12-10-11-16(2)21(19)29)28(18-13-14-18)23(31)17(3)27-24(32)33-25(4,5)6/h10-12,17-18,20,29H,7-9,13-15H2,1-6H3,(H,26,30)(H,27,32). The molecule has 1 aliphatic carbocycles. The molecule has 3 amide bonds. The van der Waals surface area contributed by atoms with E-state index < -0.39 is 29.7 Å². The van der Waals surface area contributed by atoms with Gasteiger partial charge in [-0.3, -0.25) is 9.59 Å². The Morgan fingerprint density at radius 2 is 1.88 bits per heavy atom. The van der Waals surface area contributed by atoms with Crippen LogP contribution in [0.3, 0.4) is 0 Å². The Morgan fingerprint density at radius 3 is 2.45 bits per heavy atom. The molecular weight excluding hydrogens is 422 g/mol. The minimum Gasteiger partial charge on any atom is -0.507 e. The molecule has 2 unspecified atom stereocenters. The molecule has 33 heavy (non-hydrogen) atoms. The van der Waals surface area contributed by atoms with Gasteiger partial charge >= 0.3 is 6.09 Å². The molecule has 8 nitrogen and oxygen atoms in total. The van der Waals surface area contributed by atoms with Gasteiger partial charge in [0, 0.05) is 18.2 Å². The largest absolute Gasteiger partial charge is 0.507 e. The third-order valence-electron chi connectivity index (χ3n) is 5.47. The lowest BCUT2D eigenvalue weighted by atomic mass is 9.99. The number of benzene rings is 1. The van der Waals surface area contributed by atoms with Gasteiger partial charge in [0.25, 0.3) is 0 Å². The molecule has 1 aromatic rings. The lowest BCUT2D eigenvalue weighted by molar-refractivity contribution is -0.143. The van der Waals surface area contributed by atoms with Gasteiger partial charge in [-0.05, 0) is 59.4 Å². The predicted octanol–water partition coefficient (Wildman–Crippen LogP) is 3.95. The molecule has 0 radical (unpaired) electrons. The second-order valence-electron chi connectivity index (χ2n) is 9.76. The van der Waals surface area contributed by atoms with E-state index in [0.717, 1.165) is 32.1 Å². The molecule has 3 N–H and O–H groups in total. The summed E-state index contributed by atoms with van der Waals surface area (Å²) in [5, 5.41) is 16.3. The number of carbonyl (C=O) groups excluding carboxylic acids is 3. The fraction of sp³-hybridized carbons (Fsp3) is 0.640. The van der Waals surface area contributed by atoms with E-state index in [-0.39, 0.29) is 17.7 Å². The van der Waals surface area contributed by atoms with Gasteiger partial charge in [-0.1, -0.05) is 38.0 Å². The van der Waals surface area contributed by atoms with Crippen LogP contribution in [0.4, 0.5) is 4.79 Å². The molecule has 1 aliphatic rings. The Bertz CT molecular complexity index is 845. The molecule has 0 heterocycles. The van der Waals surface area contributed by atoms with Gasteiger partial charge in [0.15, 0.2) is 0 Å². The first kappa shape index (κ1) is 26.5. The highest BCUT2D eigenvalue weighted by Crippen LogP contribution is 2.39. The Labute approximate surface area is 197 Å². The summed E-state index contributed by atoms with van der Waals surface area (Å²) in [6.45, 7) is 11.1. The summed E-state index contributed by atoms with van der Waals surface area (Å²) < 4.78 is 5.28. The highest BCUT2D eigenvalue weighted by Gasteiger charge is 2.44. The van der Waals surface area contributed by atoms with E-state index >= 15 is 0 Å². The smallest absolute Gasteiger partial charge is 0.408 e. The molecule has 0 bridgehead atoms. The zero-order chi connectivity index (χ0) is 24.8. The Kier molecular flexibility index (Phi) is 9.14. The molecule has 0 spiro atoms. The van der Waals surface area contributed by atoms with Crippen molar-refractivity contribution in [3.8, 4) is 5.75 Å². The number of nitrogens with zero attached hydrogens (tertiary/aromatic N) is 1. The summed E-state index contributed by atoms with van der Waals surface area (Å²) in [5.74, 6) is -0.730. The molecule has 0 aliphatic heterocycles. The minimum absolute atomic E-state index is 0.00240. The number of phenolic OH excluding ortho intramolecular Hbond substituents is 1. The molecule has 1 saturated carbocycles. The van der Waals surface area contributed by atoms with Crippen molar-refractivity contribution in [2.45, 2.75) is 97.4 Å². The van der Waals surface area contributed by atoms with Crippen molar-refractivity contribution in [1.82, 2.24) is 15.5 Å². The zero-order valence-electron chi connectivity index (χ0n) is 20.7. The van der Waals surface area contributed by atoms with Crippen LogP contribution in [0.25, 0.3) is 0 Å². The van der Waals surface area contributed by atoms with Gasteiger partial charge in [0.1, 0.15) is 23.4 Å². The van der Waals surface area contributed by atoms with Crippen molar-refractivity contribution in [3.63, 3.8) is 0 Å². The molecule has 1 aromatic carbocycles. The number of hydrogen-bond donors (Lipinski definition) is 3. The van der Waals surface area contributed by atoms with Crippen molar-refractivity contribution in [1.29, 1.82) is 0 Å². The second-order valence-corrected chi connectivity index (χ2v) is 9.76. The van der Waals surface area contributed by atoms with Crippen LogP contribution in [0.15, 0.2) is 18.2 Å². The summed E-state index contributed by atoms with van der Waals surface area (Å²) in [7, 11) is 0. The number of carbonyl (C=O) groups is 3. The lowest BCUT2D eigenvalue weighted by Gasteiger charge is -2.34. The molecule has 184 valence electrons. The normalized spacial score (nSPS) is 15.3. The highest BCUT2D eigenvalue weighted by atomic mass is 16.6. The van der Waals surface area contributed by atoms with E-state index in [1.165, 1.54) is 4.90 Å². The maximum Gasteiger partial charge on any atom is 0.408 e. The van der Waals surface area contributed by atoms with Crippen molar-refractivity contribution in [2.75, 3.05) is 6.54 Å². The summed E-state index contributed by atoms with van der Waals surface area (Å²) in [4.78, 5) is 40.6. The van der Waals surface area contributed by atoms with Gasteiger partial charge in [0.05, 0.1) is 0 Å². The first-order chi connectivity index (χ1) is 15.5. The van der Waals surface area contributed by atoms with Crippen LogP contribution in [0.2, 0.25) is 0 Å². The Hall–Kier alpha value is -2.77. The van der Waals surface area contributed by atoms with Crippen molar-refractivity contribution in [2.24, 2.45) is 0 Å². The van der Waals surface area contributed by atoms with E-state index in [1.807, 2.05) is 0 Å². The third-order valence-corrected chi connectivity index (χ3v) is 5.47. The number of hydrogen-bond acceptors (Lipinski definition) is 5. The van der Waals surface area contributed by atoms with Crippen molar-refractivity contribution >= 4 is 17.9 Å². The van der Waals surface area contributed by atoms with Crippen LogP contribution in [-0.2, 0) is 14.3 Å². The molecule has 2 atom stereocenters. The summed E-state index contributed by atoms with van der Waals surface area (Å²) in [5.41, 5.74) is 0.309. The van der Waals surface area contributed by atoms with Crippen molar-refractivity contribution in [3.05, 3.63) is 29.3 Å². The van der Waals surface area contributed by atoms with Crippen LogP contribution >= 0.6 is 0 Å². The number of alkyl carbamates (subject to hydrolysis) is 1. The average Bonchev–Trinajstić information content (AvgIpc) is 3.54. The van der Waals surface area contributed by atoms with E-state index in [1.54, 1.807) is 52.8 Å². The third kappa shape index (κ3) is 7.65. The van der Waals surface area contributed by atoms with Crippen LogP contribution in [0.5, 0.6) is 5.75 Å². The first-order valence-electron chi connectivity index (χ1n) is 11.8. The number of phenols is 1. The molecule has 8 heteroatoms. The number of nitrogens with one attached hydrogen (secondary N) is 2. The second kappa shape index (κ2) is 11.4. The number of aromatic hydroxyl groups is 1. The number of ether oxygens (including phenoxy) is 1. The number of unbranched alkanes of at least 4 members (excludes halogenated alkanes) is 2. The van der Waals surface area contributed by atoms with Crippen LogP contribution in [-0.4, -0.2) is 52.1 Å². The van der Waals surface area contributed by atoms with Crippen LogP contribution in [0.1, 0.15) is 83.9 Å². The van der Waals surface area contributed by atoms with E-state index in [0.29, 0.717) is 17.7 Å². The predicted molar refractivity (Wildman–Crippen MR) is 127 cm³/mol. The number of rotatable bonds is 10. The fourth-order valence-corrected chi connectivity index (χ4v) is 3.64. The molecule has 0 aromatic heterocycles. The van der Waals surface area contributed by atoms with Crippen LogP contribution in [0, 0.1) is 6.92 Å². The average molecular weight is 462 g/mol.